The van der Waals surface area contributed by atoms with Crippen molar-refractivity contribution in [1.29, 1.82) is 0 Å². The first-order valence-corrected chi connectivity index (χ1v) is 9.54. The van der Waals surface area contributed by atoms with Crippen LogP contribution in [0.3, 0.4) is 0 Å². The summed E-state index contributed by atoms with van der Waals surface area (Å²) < 4.78 is 32.6. The van der Waals surface area contributed by atoms with Crippen molar-refractivity contribution in [3.8, 4) is 5.75 Å². The zero-order chi connectivity index (χ0) is 18.7. The number of rotatable bonds is 6. The average molecular weight is 377 g/mol. The fourth-order valence-electron chi connectivity index (χ4n) is 3.03. The highest BCUT2D eigenvalue weighted by molar-refractivity contribution is 7.89. The van der Waals surface area contributed by atoms with Crippen molar-refractivity contribution in [2.45, 2.75) is 17.4 Å². The lowest BCUT2D eigenvalue weighted by Gasteiger charge is -2.27. The molecule has 0 spiro atoms. The van der Waals surface area contributed by atoms with E-state index >= 15 is 0 Å². The van der Waals surface area contributed by atoms with Gasteiger partial charge in [-0.25, -0.2) is 13.1 Å². The number of fused-ring (bicyclic) bond motifs is 1. The van der Waals surface area contributed by atoms with Gasteiger partial charge in [0, 0.05) is 18.7 Å². The van der Waals surface area contributed by atoms with Crippen molar-refractivity contribution in [2.24, 2.45) is 0 Å². The summed E-state index contributed by atoms with van der Waals surface area (Å²) in [5.41, 5.74) is 1.86. The number of benzene rings is 2. The summed E-state index contributed by atoms with van der Waals surface area (Å²) in [4.78, 5) is 10.3. The van der Waals surface area contributed by atoms with Gasteiger partial charge in [0.2, 0.25) is 10.0 Å². The third-order valence-corrected chi connectivity index (χ3v) is 5.77. The highest BCUT2D eigenvalue weighted by Gasteiger charge is 2.25. The number of ether oxygens (including phenoxy) is 1. The second kappa shape index (κ2) is 7.40. The molecule has 8 nitrogen and oxygen atoms in total. The van der Waals surface area contributed by atoms with E-state index in [4.69, 9.17) is 4.74 Å². The predicted octanol–water partition coefficient (Wildman–Crippen LogP) is 1.77. The number of methoxy groups -OCH3 is 1. The number of nitrogens with zero attached hydrogens (tertiary/aromatic N) is 1. The van der Waals surface area contributed by atoms with Crippen molar-refractivity contribution in [3.05, 3.63) is 63.7 Å². The minimum absolute atomic E-state index is 0.0109. The van der Waals surface area contributed by atoms with Crippen LogP contribution >= 0.6 is 0 Å². The number of sulfonamides is 1. The zero-order valence-electron chi connectivity index (χ0n) is 14.1. The lowest BCUT2D eigenvalue weighted by molar-refractivity contribution is -0.386. The van der Waals surface area contributed by atoms with E-state index in [9.17, 15) is 18.5 Å². The largest absolute Gasteiger partial charge is 0.490 e. The van der Waals surface area contributed by atoms with Crippen LogP contribution in [0, 0.1) is 10.1 Å². The van der Waals surface area contributed by atoms with Gasteiger partial charge in [0.1, 0.15) is 0 Å². The van der Waals surface area contributed by atoms with Crippen molar-refractivity contribution in [2.75, 3.05) is 20.2 Å². The first-order valence-electron chi connectivity index (χ1n) is 8.05. The summed E-state index contributed by atoms with van der Waals surface area (Å²) in [7, 11) is -2.60. The minimum Gasteiger partial charge on any atom is -0.490 e. The molecule has 0 aromatic heterocycles. The Morgan fingerprint density at radius 3 is 2.81 bits per heavy atom. The first kappa shape index (κ1) is 18.3. The van der Waals surface area contributed by atoms with Crippen molar-refractivity contribution in [1.82, 2.24) is 10.0 Å². The number of nitro groups is 1. The molecule has 0 amide bonds. The van der Waals surface area contributed by atoms with Gasteiger partial charge >= 0.3 is 5.69 Å². The van der Waals surface area contributed by atoms with E-state index in [-0.39, 0.29) is 23.2 Å². The number of nitro benzene ring substituents is 1. The normalized spacial score (nSPS) is 16.7. The molecule has 2 N–H and O–H groups in total. The van der Waals surface area contributed by atoms with Crippen LogP contribution in [-0.2, 0) is 16.4 Å². The first-order chi connectivity index (χ1) is 12.4. The van der Waals surface area contributed by atoms with Crippen molar-refractivity contribution >= 4 is 15.7 Å². The van der Waals surface area contributed by atoms with Gasteiger partial charge in [0.15, 0.2) is 5.75 Å². The lowest BCUT2D eigenvalue weighted by Crippen LogP contribution is -2.38. The molecule has 0 bridgehead atoms. The van der Waals surface area contributed by atoms with E-state index in [1.807, 2.05) is 24.3 Å². The summed E-state index contributed by atoms with van der Waals surface area (Å²) in [6.07, 6.45) is 0.893. The molecule has 1 heterocycles. The lowest BCUT2D eigenvalue weighted by atomic mass is 9.95. The van der Waals surface area contributed by atoms with E-state index in [1.54, 1.807) is 0 Å². The van der Waals surface area contributed by atoms with Gasteiger partial charge in [-0.2, -0.15) is 0 Å². The summed E-state index contributed by atoms with van der Waals surface area (Å²) in [5, 5.41) is 14.4. The quantitative estimate of drug-likeness (QED) is 0.586. The summed E-state index contributed by atoms with van der Waals surface area (Å²) in [5.74, 6) is 0.0109. The van der Waals surface area contributed by atoms with Crippen molar-refractivity contribution < 1.29 is 18.1 Å². The molecule has 2 aromatic rings. The molecule has 1 aliphatic rings. The van der Waals surface area contributed by atoms with E-state index in [0.29, 0.717) is 0 Å². The van der Waals surface area contributed by atoms with Gasteiger partial charge < -0.3 is 10.1 Å². The van der Waals surface area contributed by atoms with Gasteiger partial charge in [-0.1, -0.05) is 24.3 Å². The number of nitrogens with one attached hydrogen (secondary N) is 2. The maximum absolute atomic E-state index is 12.6. The van der Waals surface area contributed by atoms with Crippen LogP contribution in [0.15, 0.2) is 47.4 Å². The Morgan fingerprint density at radius 1 is 1.31 bits per heavy atom. The Bertz CT molecular complexity index is 930. The van der Waals surface area contributed by atoms with Gasteiger partial charge in [-0.05, 0) is 36.2 Å². The molecule has 9 heteroatoms. The van der Waals surface area contributed by atoms with Gasteiger partial charge in [-0.3, -0.25) is 10.1 Å². The molecule has 26 heavy (non-hydrogen) atoms. The molecule has 0 aliphatic carbocycles. The Labute approximate surface area is 151 Å². The molecule has 2 aromatic carbocycles. The monoisotopic (exact) mass is 377 g/mol. The third-order valence-electron chi connectivity index (χ3n) is 4.35. The second-order valence-electron chi connectivity index (χ2n) is 5.90. The SMILES string of the molecule is COc1ccc(S(=O)(=O)NCC2NCCc3ccccc32)cc1[N+](=O)[O-]. The average Bonchev–Trinajstić information content (AvgIpc) is 2.65. The topological polar surface area (TPSA) is 111 Å². The fourth-order valence-corrected chi connectivity index (χ4v) is 4.10. The highest BCUT2D eigenvalue weighted by Crippen LogP contribution is 2.29. The Balaban J connectivity index is 1.80. The van der Waals surface area contributed by atoms with E-state index in [0.717, 1.165) is 24.6 Å². The van der Waals surface area contributed by atoms with Gasteiger partial charge in [0.05, 0.1) is 16.9 Å². The van der Waals surface area contributed by atoms with Gasteiger partial charge in [0.25, 0.3) is 0 Å². The molecule has 1 atom stereocenters. The Morgan fingerprint density at radius 2 is 2.08 bits per heavy atom. The van der Waals surface area contributed by atoms with Crippen LogP contribution in [0.25, 0.3) is 0 Å². The van der Waals surface area contributed by atoms with E-state index in [2.05, 4.69) is 10.0 Å². The van der Waals surface area contributed by atoms with Crippen LogP contribution in [0.1, 0.15) is 17.2 Å². The van der Waals surface area contributed by atoms with Crippen LogP contribution in [-0.4, -0.2) is 33.5 Å². The Kier molecular flexibility index (Phi) is 5.21. The molecule has 0 radical (unpaired) electrons. The highest BCUT2D eigenvalue weighted by atomic mass is 32.2. The van der Waals surface area contributed by atoms with Crippen LogP contribution < -0.4 is 14.8 Å². The van der Waals surface area contributed by atoms with Gasteiger partial charge in [-0.15, -0.1) is 0 Å². The molecule has 1 aliphatic heterocycles. The van der Waals surface area contributed by atoms with E-state index < -0.39 is 20.6 Å². The number of hydrogen-bond donors (Lipinski definition) is 2. The summed E-state index contributed by atoms with van der Waals surface area (Å²) in [6.45, 7) is 0.913. The molecule has 1 unspecified atom stereocenters. The van der Waals surface area contributed by atoms with Crippen LogP contribution in [0.5, 0.6) is 5.75 Å². The summed E-state index contributed by atoms with van der Waals surface area (Å²) in [6, 6.07) is 11.3. The molecule has 138 valence electrons. The van der Waals surface area contributed by atoms with Crippen LogP contribution in [0.4, 0.5) is 5.69 Å². The molecule has 3 rings (SSSR count). The third kappa shape index (κ3) is 3.69. The Hall–Kier alpha value is -2.49. The predicted molar refractivity (Wildman–Crippen MR) is 95.7 cm³/mol. The maximum Gasteiger partial charge on any atom is 0.312 e. The molecule has 0 saturated heterocycles. The second-order valence-corrected chi connectivity index (χ2v) is 7.67. The standard InChI is InChI=1S/C17H19N3O5S/c1-25-17-7-6-13(10-16(17)20(21)22)26(23,24)19-11-15-14-5-3-2-4-12(14)8-9-18-15/h2-7,10,15,18-19H,8-9,11H2,1H3. The maximum atomic E-state index is 12.6. The minimum atomic E-state index is -3.89. The molecule has 0 fully saturated rings. The molecular weight excluding hydrogens is 358 g/mol. The van der Waals surface area contributed by atoms with Crippen LogP contribution in [0.2, 0.25) is 0 Å². The smallest absolute Gasteiger partial charge is 0.312 e. The molecular formula is C17H19N3O5S. The summed E-state index contributed by atoms with van der Waals surface area (Å²) >= 11 is 0. The zero-order valence-corrected chi connectivity index (χ0v) is 15.0. The number of hydrogen-bond acceptors (Lipinski definition) is 6. The van der Waals surface area contributed by atoms with E-state index in [1.165, 1.54) is 24.8 Å². The van der Waals surface area contributed by atoms with Crippen molar-refractivity contribution in [3.63, 3.8) is 0 Å². The molecule has 0 saturated carbocycles. The fraction of sp³-hybridized carbons (Fsp3) is 0.294.